The fourth-order valence-corrected chi connectivity index (χ4v) is 2.99. The van der Waals surface area contributed by atoms with Crippen molar-refractivity contribution in [2.45, 2.75) is 13.8 Å². The van der Waals surface area contributed by atoms with E-state index in [0.29, 0.717) is 11.4 Å². The normalized spacial score (nSPS) is 10.7. The largest absolute Gasteiger partial charge is 0.497 e. The Hall–Kier alpha value is -3.87. The average Bonchev–Trinajstić information content (AvgIpc) is 3.39. The van der Waals surface area contributed by atoms with E-state index >= 15 is 0 Å². The Kier molecular flexibility index (Phi) is 4.87. The average molecular weight is 388 g/mol. The molecule has 2 aromatic carbocycles. The number of carbonyl (C=O) groups excluding carboxylic acids is 1. The summed E-state index contributed by atoms with van der Waals surface area (Å²) >= 11 is 0. The lowest BCUT2D eigenvalue weighted by molar-refractivity contribution is 0.101. The number of aryl methyl sites for hydroxylation is 2. The number of aromatic amines is 1. The van der Waals surface area contributed by atoms with Crippen LogP contribution in [-0.4, -0.2) is 28.4 Å². The van der Waals surface area contributed by atoms with Crippen LogP contribution in [0.3, 0.4) is 0 Å². The van der Waals surface area contributed by atoms with E-state index in [9.17, 15) is 4.79 Å². The molecule has 0 aliphatic heterocycles. The van der Waals surface area contributed by atoms with Gasteiger partial charge in [0, 0.05) is 22.9 Å². The van der Waals surface area contributed by atoms with Crippen molar-refractivity contribution in [2.75, 3.05) is 12.4 Å². The van der Waals surface area contributed by atoms with E-state index in [1.54, 1.807) is 13.2 Å². The fourth-order valence-electron chi connectivity index (χ4n) is 2.99. The zero-order valence-corrected chi connectivity index (χ0v) is 16.3. The molecule has 0 aliphatic carbocycles. The fraction of sp³-hybridized carbons (Fsp3) is 0.136. The van der Waals surface area contributed by atoms with Gasteiger partial charge in [-0.1, -0.05) is 16.8 Å². The van der Waals surface area contributed by atoms with Crippen molar-refractivity contribution in [1.82, 2.24) is 15.4 Å². The summed E-state index contributed by atoms with van der Waals surface area (Å²) in [5.41, 5.74) is 5.27. The Labute approximate surface area is 167 Å². The third kappa shape index (κ3) is 3.89. The summed E-state index contributed by atoms with van der Waals surface area (Å²) in [5, 5.41) is 14.1. The Bertz CT molecular complexity index is 1160. The predicted octanol–water partition coefficient (Wildman–Crippen LogP) is 4.61. The number of anilines is 1. The highest BCUT2D eigenvalue weighted by Crippen LogP contribution is 2.29. The van der Waals surface area contributed by atoms with Crippen molar-refractivity contribution in [2.24, 2.45) is 0 Å². The Morgan fingerprint density at radius 3 is 2.55 bits per heavy atom. The number of H-pyrrole nitrogens is 1. The first-order valence-corrected chi connectivity index (χ1v) is 9.09. The molecule has 1 amide bonds. The molecule has 4 aromatic rings. The van der Waals surface area contributed by atoms with Crippen LogP contribution in [0.25, 0.3) is 22.6 Å². The van der Waals surface area contributed by atoms with E-state index in [1.807, 2.05) is 62.4 Å². The number of nitrogens with one attached hydrogen (secondary N) is 2. The molecule has 0 spiro atoms. The molecule has 0 saturated heterocycles. The number of amides is 1. The van der Waals surface area contributed by atoms with Gasteiger partial charge in [-0.15, -0.1) is 0 Å². The molecular formula is C22H20N4O3. The maximum Gasteiger partial charge on any atom is 0.277 e. The van der Waals surface area contributed by atoms with Gasteiger partial charge in [-0.25, -0.2) is 0 Å². The molecule has 0 aliphatic rings. The summed E-state index contributed by atoms with van der Waals surface area (Å²) in [4.78, 5) is 12.8. The van der Waals surface area contributed by atoms with Crippen LogP contribution >= 0.6 is 0 Å². The van der Waals surface area contributed by atoms with Gasteiger partial charge in [-0.05, 0) is 56.3 Å². The van der Waals surface area contributed by atoms with Crippen molar-refractivity contribution >= 4 is 11.6 Å². The first-order valence-electron chi connectivity index (χ1n) is 9.09. The number of aromatic nitrogens is 3. The van der Waals surface area contributed by atoms with Crippen molar-refractivity contribution in [1.29, 1.82) is 0 Å². The third-order valence-corrected chi connectivity index (χ3v) is 4.52. The van der Waals surface area contributed by atoms with Gasteiger partial charge in [0.25, 0.3) is 5.91 Å². The molecule has 29 heavy (non-hydrogen) atoms. The van der Waals surface area contributed by atoms with E-state index in [1.165, 1.54) is 0 Å². The summed E-state index contributed by atoms with van der Waals surface area (Å²) in [5.74, 6) is 0.891. The van der Waals surface area contributed by atoms with Crippen LogP contribution in [0.15, 0.2) is 59.1 Å². The zero-order chi connectivity index (χ0) is 20.4. The lowest BCUT2D eigenvalue weighted by atomic mass is 10.1. The van der Waals surface area contributed by atoms with Crippen molar-refractivity contribution in [3.8, 4) is 28.3 Å². The summed E-state index contributed by atoms with van der Waals surface area (Å²) < 4.78 is 10.5. The number of rotatable bonds is 5. The van der Waals surface area contributed by atoms with Crippen LogP contribution in [0, 0.1) is 13.8 Å². The minimum absolute atomic E-state index is 0.195. The number of ether oxygens (including phenoxy) is 1. The molecule has 7 nitrogen and oxygen atoms in total. The first kappa shape index (κ1) is 18.5. The minimum Gasteiger partial charge on any atom is -0.497 e. The second-order valence-corrected chi connectivity index (χ2v) is 6.74. The summed E-state index contributed by atoms with van der Waals surface area (Å²) in [6, 6.07) is 16.7. The molecule has 4 rings (SSSR count). The van der Waals surface area contributed by atoms with Crippen LogP contribution in [0.4, 0.5) is 5.69 Å². The van der Waals surface area contributed by atoms with Gasteiger partial charge in [0.05, 0.1) is 18.5 Å². The van der Waals surface area contributed by atoms with Crippen LogP contribution in [-0.2, 0) is 0 Å². The van der Waals surface area contributed by atoms with Gasteiger partial charge >= 0.3 is 0 Å². The molecule has 7 heteroatoms. The summed E-state index contributed by atoms with van der Waals surface area (Å²) in [6.45, 7) is 3.92. The SMILES string of the molecule is COc1ccc(-c2cc(C(=O)Nc3ccc(C)cc3-c3cc(C)[nH]n3)no2)cc1. The van der Waals surface area contributed by atoms with E-state index in [0.717, 1.165) is 33.8 Å². The molecule has 0 atom stereocenters. The minimum atomic E-state index is -0.356. The van der Waals surface area contributed by atoms with E-state index < -0.39 is 0 Å². The van der Waals surface area contributed by atoms with E-state index in [2.05, 4.69) is 20.7 Å². The number of methoxy groups -OCH3 is 1. The van der Waals surface area contributed by atoms with Gasteiger partial charge in [0.1, 0.15) is 5.75 Å². The molecule has 2 aromatic heterocycles. The van der Waals surface area contributed by atoms with Crippen LogP contribution < -0.4 is 10.1 Å². The van der Waals surface area contributed by atoms with Crippen molar-refractivity contribution in [3.63, 3.8) is 0 Å². The standard InChI is InChI=1S/C22H20N4O3/c1-13-4-9-18(17(10-13)19-11-14(2)24-25-19)23-22(27)20-12-21(29-26-20)15-5-7-16(28-3)8-6-15/h4-12H,1-3H3,(H,23,27)(H,24,25). The number of nitrogens with zero attached hydrogens (tertiary/aromatic N) is 2. The Morgan fingerprint density at radius 1 is 1.07 bits per heavy atom. The van der Waals surface area contributed by atoms with Crippen LogP contribution in [0.2, 0.25) is 0 Å². The quantitative estimate of drug-likeness (QED) is 0.521. The van der Waals surface area contributed by atoms with Gasteiger partial charge in [0.2, 0.25) is 0 Å². The molecule has 0 bridgehead atoms. The second-order valence-electron chi connectivity index (χ2n) is 6.74. The molecule has 0 saturated carbocycles. The lowest BCUT2D eigenvalue weighted by Crippen LogP contribution is -2.13. The van der Waals surface area contributed by atoms with Gasteiger partial charge in [-0.3, -0.25) is 9.89 Å². The Morgan fingerprint density at radius 2 is 1.86 bits per heavy atom. The predicted molar refractivity (Wildman–Crippen MR) is 110 cm³/mol. The highest BCUT2D eigenvalue weighted by Gasteiger charge is 2.17. The van der Waals surface area contributed by atoms with Crippen LogP contribution in [0.5, 0.6) is 5.75 Å². The highest BCUT2D eigenvalue weighted by atomic mass is 16.5. The van der Waals surface area contributed by atoms with Crippen LogP contribution in [0.1, 0.15) is 21.7 Å². The maximum absolute atomic E-state index is 12.8. The van der Waals surface area contributed by atoms with E-state index in [4.69, 9.17) is 9.26 Å². The highest BCUT2D eigenvalue weighted by molar-refractivity contribution is 6.05. The molecular weight excluding hydrogens is 368 g/mol. The van der Waals surface area contributed by atoms with Gasteiger partial charge in [-0.2, -0.15) is 5.10 Å². The first-order chi connectivity index (χ1) is 14.0. The van der Waals surface area contributed by atoms with Crippen molar-refractivity contribution < 1.29 is 14.1 Å². The molecule has 2 heterocycles. The van der Waals surface area contributed by atoms with E-state index in [-0.39, 0.29) is 11.6 Å². The molecule has 0 fully saturated rings. The number of hydrogen-bond acceptors (Lipinski definition) is 5. The van der Waals surface area contributed by atoms with Crippen molar-refractivity contribution in [3.05, 3.63) is 71.5 Å². The van der Waals surface area contributed by atoms with Gasteiger partial charge < -0.3 is 14.6 Å². The summed E-state index contributed by atoms with van der Waals surface area (Å²) in [6.07, 6.45) is 0. The zero-order valence-electron chi connectivity index (χ0n) is 16.3. The third-order valence-electron chi connectivity index (χ3n) is 4.52. The smallest absolute Gasteiger partial charge is 0.277 e. The van der Waals surface area contributed by atoms with Gasteiger partial charge in [0.15, 0.2) is 11.5 Å². The number of carbonyl (C=O) groups is 1. The number of benzene rings is 2. The molecule has 0 unspecified atom stereocenters. The molecule has 146 valence electrons. The molecule has 2 N–H and O–H groups in total. The second kappa shape index (κ2) is 7.63. The number of hydrogen-bond donors (Lipinski definition) is 2. The Balaban J connectivity index is 1.58. The molecule has 0 radical (unpaired) electrons. The summed E-state index contributed by atoms with van der Waals surface area (Å²) in [7, 11) is 1.61. The topological polar surface area (TPSA) is 93.0 Å². The monoisotopic (exact) mass is 388 g/mol. The lowest BCUT2D eigenvalue weighted by Gasteiger charge is -2.09. The maximum atomic E-state index is 12.8.